The molecule has 1 atom stereocenters. The largest absolute Gasteiger partial charge is 0.465 e. The molecule has 1 aromatic carbocycles. The highest BCUT2D eigenvalue weighted by atomic mass is 35.5. The van der Waals surface area contributed by atoms with Crippen LogP contribution >= 0.6 is 11.6 Å². The van der Waals surface area contributed by atoms with Gasteiger partial charge in [-0.25, -0.2) is 9.98 Å². The summed E-state index contributed by atoms with van der Waals surface area (Å²) in [4.78, 5) is 25.9. The first-order chi connectivity index (χ1) is 14.5. The first kappa shape index (κ1) is 18.6. The van der Waals surface area contributed by atoms with Crippen LogP contribution in [0.3, 0.4) is 0 Å². The number of benzene rings is 1. The molecule has 0 saturated carbocycles. The monoisotopic (exact) mass is 420 g/mol. The summed E-state index contributed by atoms with van der Waals surface area (Å²) in [6, 6.07) is 12.8. The molecule has 150 valence electrons. The van der Waals surface area contributed by atoms with Crippen molar-refractivity contribution in [1.29, 1.82) is 0 Å². The Morgan fingerprint density at radius 2 is 2.07 bits per heavy atom. The van der Waals surface area contributed by atoms with Crippen LogP contribution in [-0.4, -0.2) is 28.4 Å². The molecule has 2 aromatic heterocycles. The van der Waals surface area contributed by atoms with E-state index < -0.39 is 5.54 Å². The van der Waals surface area contributed by atoms with Gasteiger partial charge in [0.15, 0.2) is 5.78 Å². The van der Waals surface area contributed by atoms with E-state index >= 15 is 0 Å². The standard InChI is InChI=1S/C22H17ClN4O3/c23-14-4-5-17(26-12-14)18(28)11-13-3-6-19-16(10-13)22(7-9-29-21(24)27-22)15-2-1-8-25-20(15)30-19/h1-6,8,10,12H,7,9,11H2,(H2,24,27)/t22-/m1/s1. The number of pyridine rings is 2. The first-order valence-corrected chi connectivity index (χ1v) is 9.83. The Morgan fingerprint density at radius 1 is 1.17 bits per heavy atom. The molecule has 5 rings (SSSR count). The van der Waals surface area contributed by atoms with Gasteiger partial charge in [0.25, 0.3) is 6.02 Å². The molecule has 0 fully saturated rings. The van der Waals surface area contributed by atoms with Crippen molar-refractivity contribution in [3.63, 3.8) is 0 Å². The number of nitrogens with two attached hydrogens (primary N) is 1. The third-order valence-corrected chi connectivity index (χ3v) is 5.53. The summed E-state index contributed by atoms with van der Waals surface area (Å²) in [6.07, 6.45) is 3.91. The van der Waals surface area contributed by atoms with Crippen LogP contribution in [0.2, 0.25) is 5.02 Å². The molecule has 3 aromatic rings. The fourth-order valence-corrected chi connectivity index (χ4v) is 4.03. The van der Waals surface area contributed by atoms with Gasteiger partial charge in [0, 0.05) is 36.4 Å². The molecule has 4 heterocycles. The molecular formula is C22H17ClN4O3. The minimum absolute atomic E-state index is 0.102. The molecule has 2 aliphatic rings. The molecule has 0 bridgehead atoms. The number of fused-ring (bicyclic) bond motifs is 4. The Morgan fingerprint density at radius 3 is 2.87 bits per heavy atom. The zero-order chi connectivity index (χ0) is 20.7. The summed E-state index contributed by atoms with van der Waals surface area (Å²) in [6.45, 7) is 0.418. The fourth-order valence-electron chi connectivity index (χ4n) is 3.92. The highest BCUT2D eigenvalue weighted by Gasteiger charge is 2.45. The lowest BCUT2D eigenvalue weighted by Crippen LogP contribution is -2.38. The molecule has 0 unspecified atom stereocenters. The topological polar surface area (TPSA) is 99.7 Å². The summed E-state index contributed by atoms with van der Waals surface area (Å²) in [5, 5.41) is 0.488. The van der Waals surface area contributed by atoms with Gasteiger partial charge in [-0.1, -0.05) is 17.7 Å². The number of ether oxygens (including phenoxy) is 2. The van der Waals surface area contributed by atoms with Gasteiger partial charge in [0.2, 0.25) is 5.88 Å². The molecule has 0 radical (unpaired) electrons. The van der Waals surface area contributed by atoms with Gasteiger partial charge in [0.05, 0.1) is 11.6 Å². The van der Waals surface area contributed by atoms with Crippen LogP contribution in [-0.2, 0) is 16.7 Å². The number of amidine groups is 1. The number of hydrogen-bond donors (Lipinski definition) is 1. The number of carbonyl (C=O) groups is 1. The number of hydrogen-bond acceptors (Lipinski definition) is 7. The van der Waals surface area contributed by atoms with Crippen LogP contribution < -0.4 is 10.5 Å². The van der Waals surface area contributed by atoms with Crippen molar-refractivity contribution in [2.24, 2.45) is 10.7 Å². The van der Waals surface area contributed by atoms with Crippen LogP contribution in [0.15, 0.2) is 59.9 Å². The second-order valence-electron chi connectivity index (χ2n) is 7.16. The van der Waals surface area contributed by atoms with E-state index in [0.29, 0.717) is 35.4 Å². The lowest BCUT2D eigenvalue weighted by Gasteiger charge is -2.38. The second-order valence-corrected chi connectivity index (χ2v) is 7.60. The molecule has 1 spiro atoms. The number of nitrogens with zero attached hydrogens (tertiary/aromatic N) is 3. The molecule has 0 saturated heterocycles. The zero-order valence-corrected chi connectivity index (χ0v) is 16.6. The van der Waals surface area contributed by atoms with Crippen molar-refractivity contribution in [3.8, 4) is 11.6 Å². The number of rotatable bonds is 3. The number of ketones is 1. The molecule has 30 heavy (non-hydrogen) atoms. The Kier molecular flexibility index (Phi) is 4.40. The normalized spacial score (nSPS) is 19.2. The third-order valence-electron chi connectivity index (χ3n) is 5.31. The van der Waals surface area contributed by atoms with E-state index in [2.05, 4.69) is 15.0 Å². The van der Waals surface area contributed by atoms with E-state index in [1.54, 1.807) is 18.3 Å². The molecule has 7 nitrogen and oxygen atoms in total. The SMILES string of the molecule is NC1=N[C@@]2(CCO1)c1cc(CC(=O)c3ccc(Cl)cn3)ccc1Oc1ncccc12. The van der Waals surface area contributed by atoms with Crippen LogP contribution in [0.25, 0.3) is 0 Å². The summed E-state index contributed by atoms with van der Waals surface area (Å²) in [5.41, 5.74) is 8.04. The van der Waals surface area contributed by atoms with Crippen LogP contribution in [0.5, 0.6) is 11.6 Å². The van der Waals surface area contributed by atoms with Crippen LogP contribution in [0.4, 0.5) is 0 Å². The second kappa shape index (κ2) is 7.11. The van der Waals surface area contributed by atoms with E-state index in [9.17, 15) is 4.79 Å². The zero-order valence-electron chi connectivity index (χ0n) is 15.8. The quantitative estimate of drug-likeness (QED) is 0.649. The van der Waals surface area contributed by atoms with E-state index in [4.69, 9.17) is 26.8 Å². The van der Waals surface area contributed by atoms with Crippen molar-refractivity contribution >= 4 is 23.4 Å². The predicted molar refractivity (Wildman–Crippen MR) is 111 cm³/mol. The Bertz CT molecular complexity index is 1180. The van der Waals surface area contributed by atoms with Gasteiger partial charge in [-0.15, -0.1) is 0 Å². The lowest BCUT2D eigenvalue weighted by molar-refractivity contribution is 0.0988. The molecular weight excluding hydrogens is 404 g/mol. The van der Waals surface area contributed by atoms with Gasteiger partial charge >= 0.3 is 0 Å². The van der Waals surface area contributed by atoms with Gasteiger partial charge in [-0.2, -0.15) is 0 Å². The summed E-state index contributed by atoms with van der Waals surface area (Å²) in [5.74, 6) is 1.03. The fraction of sp³-hybridized carbons (Fsp3) is 0.182. The number of aromatic nitrogens is 2. The maximum absolute atomic E-state index is 12.7. The summed E-state index contributed by atoms with van der Waals surface area (Å²) < 4.78 is 11.4. The van der Waals surface area contributed by atoms with E-state index in [-0.39, 0.29) is 18.2 Å². The van der Waals surface area contributed by atoms with Crippen molar-refractivity contribution in [3.05, 3.63) is 82.3 Å². The molecule has 8 heteroatoms. The maximum atomic E-state index is 12.7. The van der Waals surface area contributed by atoms with Crippen LogP contribution in [0.1, 0.15) is 33.6 Å². The number of Topliss-reactive ketones (excluding diaryl/α,β-unsaturated/α-hetero) is 1. The highest BCUT2D eigenvalue weighted by molar-refractivity contribution is 6.30. The first-order valence-electron chi connectivity index (χ1n) is 9.45. The molecule has 0 amide bonds. The molecule has 2 N–H and O–H groups in total. The van der Waals surface area contributed by atoms with Gasteiger partial charge in [0.1, 0.15) is 17.0 Å². The van der Waals surface area contributed by atoms with Gasteiger partial charge < -0.3 is 15.2 Å². The predicted octanol–water partition coefficient (Wildman–Crippen LogP) is 3.64. The maximum Gasteiger partial charge on any atom is 0.283 e. The minimum Gasteiger partial charge on any atom is -0.465 e. The van der Waals surface area contributed by atoms with E-state index in [1.807, 2.05) is 30.3 Å². The summed E-state index contributed by atoms with van der Waals surface area (Å²) in [7, 11) is 0. The number of aliphatic imine (C=N–C) groups is 1. The van der Waals surface area contributed by atoms with Gasteiger partial charge in [-0.05, 0) is 42.0 Å². The van der Waals surface area contributed by atoms with E-state index in [1.165, 1.54) is 6.20 Å². The smallest absolute Gasteiger partial charge is 0.283 e. The average Bonchev–Trinajstić information content (AvgIpc) is 2.75. The number of halogens is 1. The average molecular weight is 421 g/mol. The van der Waals surface area contributed by atoms with Crippen molar-refractivity contribution in [2.75, 3.05) is 6.61 Å². The Balaban J connectivity index is 1.57. The number of carbonyl (C=O) groups excluding carboxylic acids is 1. The van der Waals surface area contributed by atoms with Crippen molar-refractivity contribution < 1.29 is 14.3 Å². The molecule has 2 aliphatic heterocycles. The van der Waals surface area contributed by atoms with Crippen molar-refractivity contribution in [2.45, 2.75) is 18.4 Å². The van der Waals surface area contributed by atoms with Crippen molar-refractivity contribution in [1.82, 2.24) is 9.97 Å². The van der Waals surface area contributed by atoms with Gasteiger partial charge in [-0.3, -0.25) is 9.78 Å². The lowest BCUT2D eigenvalue weighted by atomic mass is 9.78. The van der Waals surface area contributed by atoms with E-state index in [0.717, 1.165) is 16.7 Å². The minimum atomic E-state index is -0.767. The van der Waals surface area contributed by atoms with Crippen LogP contribution in [0, 0.1) is 0 Å². The third kappa shape index (κ3) is 3.07. The Hall–Kier alpha value is -3.45. The summed E-state index contributed by atoms with van der Waals surface area (Å²) >= 11 is 5.87. The molecule has 0 aliphatic carbocycles. The highest BCUT2D eigenvalue weighted by Crippen LogP contribution is 2.51. The Labute approximate surface area is 177 Å².